The molecule has 1 heterocycles. The van der Waals surface area contributed by atoms with Gasteiger partial charge in [-0.25, -0.2) is 0 Å². The largest absolute Gasteiger partial charge is 0.129 e. The van der Waals surface area contributed by atoms with E-state index in [4.69, 9.17) is 0 Å². The van der Waals surface area contributed by atoms with Crippen molar-refractivity contribution in [1.29, 1.82) is 0 Å². The van der Waals surface area contributed by atoms with Crippen molar-refractivity contribution >= 4 is 23.5 Å². The Morgan fingerprint density at radius 3 is 2.33 bits per heavy atom. The average Bonchev–Trinajstić information content (AvgIpc) is 2.16. The highest BCUT2D eigenvalue weighted by molar-refractivity contribution is 8.10. The minimum atomic E-state index is 0.875. The summed E-state index contributed by atoms with van der Waals surface area (Å²) < 4.78 is 0. The highest BCUT2D eigenvalue weighted by Crippen LogP contribution is 2.42. The third-order valence-corrected chi connectivity index (χ3v) is 5.61. The first kappa shape index (κ1) is 10.5. The molecule has 0 bridgehead atoms. The van der Waals surface area contributed by atoms with Crippen LogP contribution in [0.4, 0.5) is 0 Å². The van der Waals surface area contributed by atoms with Crippen molar-refractivity contribution in [3.05, 3.63) is 9.81 Å². The van der Waals surface area contributed by atoms with Crippen LogP contribution in [-0.2, 0) is 0 Å². The van der Waals surface area contributed by atoms with E-state index in [1.807, 2.05) is 0 Å². The van der Waals surface area contributed by atoms with E-state index in [0.717, 1.165) is 5.25 Å². The SMILES string of the molecule is CCC1=C(CC)SC(CC)CS1. The number of allylic oxidation sites excluding steroid dienone is 2. The maximum absolute atomic E-state index is 2.29. The van der Waals surface area contributed by atoms with E-state index < -0.39 is 0 Å². The van der Waals surface area contributed by atoms with Crippen LogP contribution in [-0.4, -0.2) is 11.0 Å². The molecule has 1 rings (SSSR count). The summed E-state index contributed by atoms with van der Waals surface area (Å²) in [5.41, 5.74) is 0. The Morgan fingerprint density at radius 2 is 1.83 bits per heavy atom. The zero-order valence-corrected chi connectivity index (χ0v) is 9.86. The van der Waals surface area contributed by atoms with E-state index in [1.54, 1.807) is 9.81 Å². The lowest BCUT2D eigenvalue weighted by molar-refractivity contribution is 0.912. The van der Waals surface area contributed by atoms with Gasteiger partial charge in [-0.3, -0.25) is 0 Å². The minimum absolute atomic E-state index is 0.875. The predicted octanol–water partition coefficient (Wildman–Crippen LogP) is 4.28. The van der Waals surface area contributed by atoms with Crippen molar-refractivity contribution in [2.75, 3.05) is 5.75 Å². The summed E-state index contributed by atoms with van der Waals surface area (Å²) in [4.78, 5) is 3.30. The molecule has 1 aliphatic heterocycles. The molecule has 0 N–H and O–H groups in total. The minimum Gasteiger partial charge on any atom is -0.129 e. The summed E-state index contributed by atoms with van der Waals surface area (Å²) >= 11 is 4.21. The monoisotopic (exact) mass is 202 g/mol. The molecule has 0 fully saturated rings. The van der Waals surface area contributed by atoms with Gasteiger partial charge in [-0.15, -0.1) is 23.5 Å². The zero-order valence-electron chi connectivity index (χ0n) is 8.22. The number of hydrogen-bond donors (Lipinski definition) is 0. The Labute approximate surface area is 84.6 Å². The molecule has 0 aromatic carbocycles. The van der Waals surface area contributed by atoms with E-state index in [0.29, 0.717) is 0 Å². The third-order valence-electron chi connectivity index (χ3n) is 2.16. The third kappa shape index (κ3) is 2.46. The van der Waals surface area contributed by atoms with Gasteiger partial charge in [0.25, 0.3) is 0 Å². The second-order valence-corrected chi connectivity index (χ2v) is 5.52. The molecular weight excluding hydrogens is 184 g/mol. The molecule has 0 nitrogen and oxygen atoms in total. The average molecular weight is 202 g/mol. The summed E-state index contributed by atoms with van der Waals surface area (Å²) in [5, 5.41) is 0.875. The van der Waals surface area contributed by atoms with Crippen molar-refractivity contribution in [1.82, 2.24) is 0 Å². The maximum atomic E-state index is 2.29. The highest BCUT2D eigenvalue weighted by atomic mass is 32.2. The second kappa shape index (κ2) is 5.23. The lowest BCUT2D eigenvalue weighted by Gasteiger charge is -2.24. The van der Waals surface area contributed by atoms with Gasteiger partial charge in [0.1, 0.15) is 0 Å². The molecule has 1 atom stereocenters. The first-order valence-corrected chi connectivity index (χ1v) is 6.69. The molecule has 0 aromatic rings. The number of thioether (sulfide) groups is 2. The summed E-state index contributed by atoms with van der Waals surface area (Å²) in [5.74, 6) is 1.33. The van der Waals surface area contributed by atoms with Gasteiger partial charge in [0.15, 0.2) is 0 Å². The van der Waals surface area contributed by atoms with Gasteiger partial charge in [-0.1, -0.05) is 20.8 Å². The molecular formula is C10H18S2. The van der Waals surface area contributed by atoms with Crippen molar-refractivity contribution in [2.45, 2.75) is 45.3 Å². The fourth-order valence-electron chi connectivity index (χ4n) is 1.36. The molecule has 70 valence electrons. The lowest BCUT2D eigenvalue weighted by Crippen LogP contribution is -2.10. The first-order valence-electron chi connectivity index (χ1n) is 4.83. The van der Waals surface area contributed by atoms with E-state index in [-0.39, 0.29) is 0 Å². The van der Waals surface area contributed by atoms with Crippen LogP contribution in [0.2, 0.25) is 0 Å². The molecule has 0 spiro atoms. The van der Waals surface area contributed by atoms with Gasteiger partial charge < -0.3 is 0 Å². The first-order chi connectivity index (χ1) is 5.81. The topological polar surface area (TPSA) is 0 Å². The predicted molar refractivity (Wildman–Crippen MR) is 61.7 cm³/mol. The normalized spacial score (nSPS) is 24.8. The highest BCUT2D eigenvalue weighted by Gasteiger charge is 2.18. The van der Waals surface area contributed by atoms with E-state index in [1.165, 1.54) is 25.0 Å². The zero-order chi connectivity index (χ0) is 8.97. The van der Waals surface area contributed by atoms with Gasteiger partial charge in [0, 0.05) is 11.0 Å². The molecule has 1 aliphatic rings. The molecule has 0 saturated carbocycles. The van der Waals surface area contributed by atoms with Crippen LogP contribution in [0.15, 0.2) is 9.81 Å². The summed E-state index contributed by atoms with van der Waals surface area (Å²) in [6.07, 6.45) is 3.78. The molecule has 0 aromatic heterocycles. The van der Waals surface area contributed by atoms with E-state index in [2.05, 4.69) is 44.3 Å². The van der Waals surface area contributed by atoms with Crippen molar-refractivity contribution in [3.8, 4) is 0 Å². The van der Waals surface area contributed by atoms with E-state index >= 15 is 0 Å². The summed E-state index contributed by atoms with van der Waals surface area (Å²) in [6, 6.07) is 0. The number of hydrogen-bond acceptors (Lipinski definition) is 2. The van der Waals surface area contributed by atoms with Gasteiger partial charge in [-0.2, -0.15) is 0 Å². The quantitative estimate of drug-likeness (QED) is 0.670. The molecule has 12 heavy (non-hydrogen) atoms. The maximum Gasteiger partial charge on any atom is 0.0183 e. The van der Waals surface area contributed by atoms with Gasteiger partial charge in [0.2, 0.25) is 0 Å². The second-order valence-electron chi connectivity index (χ2n) is 3.01. The van der Waals surface area contributed by atoms with E-state index in [9.17, 15) is 0 Å². The van der Waals surface area contributed by atoms with Gasteiger partial charge in [0.05, 0.1) is 0 Å². The smallest absolute Gasteiger partial charge is 0.0183 e. The Kier molecular flexibility index (Phi) is 4.59. The Morgan fingerprint density at radius 1 is 1.17 bits per heavy atom. The Hall–Kier alpha value is 0.440. The van der Waals surface area contributed by atoms with Crippen LogP contribution in [0, 0.1) is 0 Å². The fourth-order valence-corrected chi connectivity index (χ4v) is 4.30. The van der Waals surface area contributed by atoms with Crippen LogP contribution in [0.5, 0.6) is 0 Å². The molecule has 2 heteroatoms. The van der Waals surface area contributed by atoms with Crippen LogP contribution in [0.1, 0.15) is 40.0 Å². The Bertz CT molecular complexity index is 173. The van der Waals surface area contributed by atoms with Crippen molar-refractivity contribution in [3.63, 3.8) is 0 Å². The molecule has 1 unspecified atom stereocenters. The molecule has 0 saturated heterocycles. The van der Waals surface area contributed by atoms with Crippen LogP contribution in [0.3, 0.4) is 0 Å². The van der Waals surface area contributed by atoms with Gasteiger partial charge >= 0.3 is 0 Å². The lowest BCUT2D eigenvalue weighted by atomic mass is 10.3. The molecule has 0 aliphatic carbocycles. The van der Waals surface area contributed by atoms with Crippen LogP contribution in [0.25, 0.3) is 0 Å². The fraction of sp³-hybridized carbons (Fsp3) is 0.800. The van der Waals surface area contributed by atoms with Crippen molar-refractivity contribution in [2.24, 2.45) is 0 Å². The summed E-state index contributed by atoms with van der Waals surface area (Å²) in [7, 11) is 0. The van der Waals surface area contributed by atoms with Gasteiger partial charge in [-0.05, 0) is 29.1 Å². The number of rotatable bonds is 3. The van der Waals surface area contributed by atoms with Crippen LogP contribution >= 0.6 is 23.5 Å². The standard InChI is InChI=1S/C10H18S2/c1-4-8-7-11-9(5-2)10(6-3)12-8/h8H,4-7H2,1-3H3. The van der Waals surface area contributed by atoms with Crippen LogP contribution < -0.4 is 0 Å². The Balaban J connectivity index is 2.63. The summed E-state index contributed by atoms with van der Waals surface area (Å²) in [6.45, 7) is 6.84. The molecule has 0 radical (unpaired) electrons. The molecule has 0 amide bonds. The van der Waals surface area contributed by atoms with Crippen molar-refractivity contribution < 1.29 is 0 Å².